The van der Waals surface area contributed by atoms with Gasteiger partial charge in [0, 0.05) is 12.0 Å². The molecule has 0 N–H and O–H groups in total. The number of rotatable bonds is 4. The van der Waals surface area contributed by atoms with Gasteiger partial charge in [-0.2, -0.15) is 10.1 Å². The zero-order chi connectivity index (χ0) is 17.4. The molecule has 8 nitrogen and oxygen atoms in total. The van der Waals surface area contributed by atoms with Gasteiger partial charge in [0.05, 0.1) is 5.39 Å². The van der Waals surface area contributed by atoms with Crippen LogP contribution in [0.1, 0.15) is 24.4 Å². The molecule has 0 saturated carbocycles. The van der Waals surface area contributed by atoms with Crippen LogP contribution in [-0.2, 0) is 13.0 Å². The second-order valence-corrected chi connectivity index (χ2v) is 5.60. The van der Waals surface area contributed by atoms with Crippen molar-refractivity contribution in [3.8, 4) is 11.3 Å². The first-order valence-corrected chi connectivity index (χ1v) is 7.91. The molecular formula is C17H15N5O3. The summed E-state index contributed by atoms with van der Waals surface area (Å²) >= 11 is 0. The zero-order valence-corrected chi connectivity index (χ0v) is 13.8. The van der Waals surface area contributed by atoms with E-state index in [4.69, 9.17) is 9.05 Å². The van der Waals surface area contributed by atoms with Gasteiger partial charge in [0.1, 0.15) is 18.0 Å². The van der Waals surface area contributed by atoms with E-state index in [9.17, 15) is 4.79 Å². The lowest BCUT2D eigenvalue weighted by Crippen LogP contribution is -2.24. The molecule has 0 bridgehead atoms. The lowest BCUT2D eigenvalue weighted by atomic mass is 10.1. The molecule has 0 aliphatic carbocycles. The predicted octanol–water partition coefficient (Wildman–Crippen LogP) is 2.35. The van der Waals surface area contributed by atoms with Crippen molar-refractivity contribution < 1.29 is 9.05 Å². The fraction of sp³-hybridized carbons (Fsp3) is 0.235. The third-order valence-corrected chi connectivity index (χ3v) is 3.92. The quantitative estimate of drug-likeness (QED) is 0.563. The van der Waals surface area contributed by atoms with E-state index in [0.717, 1.165) is 5.56 Å². The maximum atomic E-state index is 12.7. The van der Waals surface area contributed by atoms with Gasteiger partial charge in [0.2, 0.25) is 5.89 Å². The van der Waals surface area contributed by atoms with Crippen molar-refractivity contribution in [2.45, 2.75) is 26.8 Å². The van der Waals surface area contributed by atoms with Gasteiger partial charge in [0.25, 0.3) is 5.56 Å². The Labute approximate surface area is 142 Å². The normalized spacial score (nSPS) is 11.3. The van der Waals surface area contributed by atoms with Crippen LogP contribution in [0.15, 0.2) is 44.2 Å². The highest BCUT2D eigenvalue weighted by atomic mass is 16.5. The Bertz CT molecular complexity index is 1090. The topological polar surface area (TPSA) is 99.8 Å². The lowest BCUT2D eigenvalue weighted by molar-refractivity contribution is 0.359. The number of fused-ring (bicyclic) bond motifs is 1. The minimum Gasteiger partial charge on any atom is -0.360 e. The van der Waals surface area contributed by atoms with Crippen LogP contribution >= 0.6 is 0 Å². The second-order valence-electron chi connectivity index (χ2n) is 5.60. The molecule has 0 amide bonds. The predicted molar refractivity (Wildman–Crippen MR) is 89.0 cm³/mol. The molecule has 0 atom stereocenters. The van der Waals surface area contributed by atoms with E-state index in [2.05, 4.69) is 20.4 Å². The molecule has 4 aromatic rings. The first kappa shape index (κ1) is 15.3. The number of benzene rings is 1. The smallest absolute Gasteiger partial charge is 0.297 e. The molecule has 1 aromatic carbocycles. The van der Waals surface area contributed by atoms with E-state index in [0.29, 0.717) is 35.0 Å². The second kappa shape index (κ2) is 5.97. The van der Waals surface area contributed by atoms with Crippen molar-refractivity contribution in [2.24, 2.45) is 0 Å². The molecule has 0 fully saturated rings. The Hall–Kier alpha value is -3.29. The van der Waals surface area contributed by atoms with Crippen LogP contribution < -0.4 is 5.56 Å². The third kappa shape index (κ3) is 2.61. The molecule has 0 aliphatic heterocycles. The molecule has 0 unspecified atom stereocenters. The lowest BCUT2D eigenvalue weighted by Gasteiger charge is -2.07. The highest BCUT2D eigenvalue weighted by molar-refractivity contribution is 5.92. The number of hydrogen-bond donors (Lipinski definition) is 0. The van der Waals surface area contributed by atoms with Crippen molar-refractivity contribution in [3.05, 3.63) is 58.2 Å². The van der Waals surface area contributed by atoms with Gasteiger partial charge in [-0.1, -0.05) is 47.6 Å². The van der Waals surface area contributed by atoms with E-state index in [1.807, 2.05) is 37.3 Å². The van der Waals surface area contributed by atoms with E-state index in [1.165, 1.54) is 4.68 Å². The number of aryl methyl sites for hydroxylation is 2. The number of aromatic nitrogens is 5. The van der Waals surface area contributed by atoms with Crippen LogP contribution in [0.5, 0.6) is 0 Å². The summed E-state index contributed by atoms with van der Waals surface area (Å²) in [5.74, 6) is 1.46. The maximum Gasteiger partial charge on any atom is 0.297 e. The van der Waals surface area contributed by atoms with Gasteiger partial charge in [0.15, 0.2) is 11.3 Å². The number of nitrogens with zero attached hydrogens (tertiary/aromatic N) is 5. The molecule has 4 rings (SSSR count). The molecule has 3 aromatic heterocycles. The summed E-state index contributed by atoms with van der Waals surface area (Å²) in [6.07, 6.45) is 0.655. The van der Waals surface area contributed by atoms with Gasteiger partial charge in [-0.05, 0) is 6.92 Å². The largest absolute Gasteiger partial charge is 0.360 e. The molecular weight excluding hydrogens is 322 g/mol. The third-order valence-electron chi connectivity index (χ3n) is 3.92. The molecule has 8 heteroatoms. The SMILES string of the molecule is CCc1noc(Cn2nc(-c3ccccc3)c3c(C)onc3c2=O)n1. The molecule has 3 heterocycles. The van der Waals surface area contributed by atoms with Crippen molar-refractivity contribution >= 4 is 10.9 Å². The van der Waals surface area contributed by atoms with Crippen molar-refractivity contribution in [1.82, 2.24) is 25.1 Å². The van der Waals surface area contributed by atoms with Gasteiger partial charge in [-0.15, -0.1) is 0 Å². The molecule has 126 valence electrons. The van der Waals surface area contributed by atoms with Crippen LogP contribution in [0.4, 0.5) is 0 Å². The van der Waals surface area contributed by atoms with Crippen molar-refractivity contribution in [2.75, 3.05) is 0 Å². The summed E-state index contributed by atoms with van der Waals surface area (Å²) in [5, 5.41) is 12.9. The van der Waals surface area contributed by atoms with Crippen molar-refractivity contribution in [1.29, 1.82) is 0 Å². The summed E-state index contributed by atoms with van der Waals surface area (Å²) < 4.78 is 11.7. The first-order chi connectivity index (χ1) is 12.2. The van der Waals surface area contributed by atoms with E-state index in [1.54, 1.807) is 6.92 Å². The monoisotopic (exact) mass is 337 g/mol. The first-order valence-electron chi connectivity index (χ1n) is 7.91. The average molecular weight is 337 g/mol. The average Bonchev–Trinajstić information content (AvgIpc) is 3.25. The molecule has 0 saturated heterocycles. The summed E-state index contributed by atoms with van der Waals surface area (Å²) in [6.45, 7) is 3.77. The Morgan fingerprint density at radius 3 is 2.64 bits per heavy atom. The number of hydrogen-bond acceptors (Lipinski definition) is 7. The molecule has 0 spiro atoms. The molecule has 0 radical (unpaired) electrons. The fourth-order valence-corrected chi connectivity index (χ4v) is 2.67. The van der Waals surface area contributed by atoms with E-state index >= 15 is 0 Å². The van der Waals surface area contributed by atoms with Gasteiger partial charge < -0.3 is 9.05 Å². The zero-order valence-electron chi connectivity index (χ0n) is 13.8. The van der Waals surface area contributed by atoms with Gasteiger partial charge >= 0.3 is 0 Å². The molecule has 0 aliphatic rings. The van der Waals surface area contributed by atoms with Crippen LogP contribution in [-0.4, -0.2) is 25.1 Å². The van der Waals surface area contributed by atoms with Crippen molar-refractivity contribution in [3.63, 3.8) is 0 Å². The highest BCUT2D eigenvalue weighted by Gasteiger charge is 2.19. The summed E-state index contributed by atoms with van der Waals surface area (Å²) in [4.78, 5) is 16.9. The Morgan fingerprint density at radius 2 is 1.92 bits per heavy atom. The Morgan fingerprint density at radius 1 is 1.12 bits per heavy atom. The molecule has 25 heavy (non-hydrogen) atoms. The fourth-order valence-electron chi connectivity index (χ4n) is 2.67. The minimum atomic E-state index is -0.359. The van der Waals surface area contributed by atoms with Crippen LogP contribution in [0, 0.1) is 6.92 Å². The van der Waals surface area contributed by atoms with Crippen LogP contribution in [0.3, 0.4) is 0 Å². The Balaban J connectivity index is 1.90. The highest BCUT2D eigenvalue weighted by Crippen LogP contribution is 2.26. The maximum absolute atomic E-state index is 12.7. The summed E-state index contributed by atoms with van der Waals surface area (Å²) in [7, 11) is 0. The van der Waals surface area contributed by atoms with Crippen LogP contribution in [0.2, 0.25) is 0 Å². The van der Waals surface area contributed by atoms with Gasteiger partial charge in [-0.3, -0.25) is 4.79 Å². The standard InChI is InChI=1S/C17H15N5O3/c1-3-12-18-13(25-20-12)9-22-17(23)16-14(10(2)24-21-16)15(19-22)11-7-5-4-6-8-11/h4-8H,3,9H2,1-2H3. The Kier molecular flexibility index (Phi) is 3.64. The van der Waals surface area contributed by atoms with E-state index < -0.39 is 0 Å². The summed E-state index contributed by atoms with van der Waals surface area (Å²) in [6, 6.07) is 9.58. The summed E-state index contributed by atoms with van der Waals surface area (Å²) in [5.41, 5.74) is 1.38. The van der Waals surface area contributed by atoms with E-state index in [-0.39, 0.29) is 17.6 Å². The van der Waals surface area contributed by atoms with Gasteiger partial charge in [-0.25, -0.2) is 4.68 Å². The minimum absolute atomic E-state index is 0.0769. The van der Waals surface area contributed by atoms with Crippen LogP contribution in [0.25, 0.3) is 22.2 Å².